The van der Waals surface area contributed by atoms with Crippen LogP contribution in [0.25, 0.3) is 0 Å². The molecule has 33 heavy (non-hydrogen) atoms. The Hall–Kier alpha value is -2.35. The molecule has 2 N–H and O–H groups in total. The minimum atomic E-state index is -0.924. The fraction of sp³-hybridized carbons (Fsp3) is 0.720. The second-order valence-corrected chi connectivity index (χ2v) is 9.43. The highest BCUT2D eigenvalue weighted by Gasteiger charge is 2.33. The van der Waals surface area contributed by atoms with Crippen molar-refractivity contribution in [3.63, 3.8) is 0 Å². The van der Waals surface area contributed by atoms with E-state index in [1.165, 1.54) is 32.2 Å². The molecule has 0 aromatic carbocycles. The number of nitrogens with zero attached hydrogens (tertiary/aromatic N) is 1. The molecule has 8 nitrogen and oxygen atoms in total. The molecular weight excluding hydrogens is 424 g/mol. The second kappa shape index (κ2) is 12.8. The Labute approximate surface area is 197 Å². The Balaban J connectivity index is 2.00. The molecule has 0 unspecified atom stereocenters. The number of carbonyl (C=O) groups excluding carboxylic acids is 2. The molecule has 186 valence electrons. The van der Waals surface area contributed by atoms with E-state index >= 15 is 0 Å². The zero-order chi connectivity index (χ0) is 24.5. The number of nitrogens with one attached hydrogen (secondary N) is 1. The summed E-state index contributed by atoms with van der Waals surface area (Å²) < 4.78 is 17.0. The Morgan fingerprint density at radius 3 is 2.48 bits per heavy atom. The van der Waals surface area contributed by atoms with E-state index in [1.54, 1.807) is 6.92 Å². The lowest BCUT2D eigenvalue weighted by atomic mass is 9.88. The molecule has 8 heteroatoms. The summed E-state index contributed by atoms with van der Waals surface area (Å²) in [5.41, 5.74) is -0.215. The van der Waals surface area contributed by atoms with Gasteiger partial charge in [-0.2, -0.15) is 0 Å². The third-order valence-electron chi connectivity index (χ3n) is 6.11. The van der Waals surface area contributed by atoms with Gasteiger partial charge < -0.3 is 24.6 Å². The third kappa shape index (κ3) is 8.18. The van der Waals surface area contributed by atoms with Gasteiger partial charge in [-0.05, 0) is 50.9 Å². The molecule has 0 saturated heterocycles. The van der Waals surface area contributed by atoms with Gasteiger partial charge in [0.2, 0.25) is 0 Å². The first-order valence-corrected chi connectivity index (χ1v) is 12.0. The van der Waals surface area contributed by atoms with E-state index in [4.69, 9.17) is 14.2 Å². The van der Waals surface area contributed by atoms with Crippen molar-refractivity contribution in [2.75, 3.05) is 13.7 Å². The summed E-state index contributed by atoms with van der Waals surface area (Å²) in [6.45, 7) is 10.6. The Bertz CT molecular complexity index is 780. The predicted octanol–water partition coefficient (Wildman–Crippen LogP) is 4.10. The molecule has 1 aromatic rings. The van der Waals surface area contributed by atoms with Crippen LogP contribution in [0, 0.1) is 17.8 Å². The minimum absolute atomic E-state index is 0.127. The standard InChI is InChI=1S/C25H40N2O6/c1-7-19(11-8-15(2)3)23(32-14-18-9-10-18)17(5)33-25(30)16(4)27-24(29)21-22(28)20(31-6)12-13-26-21/h12-13,15-19,23,28H,7-11,14H2,1-6H3,(H,27,29)/t16-,17-,19-,23+/m0/s1. The molecule has 1 amide bonds. The topological polar surface area (TPSA) is 107 Å². The van der Waals surface area contributed by atoms with Crippen LogP contribution in [-0.2, 0) is 14.3 Å². The van der Waals surface area contributed by atoms with Gasteiger partial charge in [0, 0.05) is 18.9 Å². The van der Waals surface area contributed by atoms with Crippen LogP contribution in [0.1, 0.15) is 77.2 Å². The van der Waals surface area contributed by atoms with Crippen LogP contribution in [0.2, 0.25) is 0 Å². The smallest absolute Gasteiger partial charge is 0.328 e. The van der Waals surface area contributed by atoms with E-state index < -0.39 is 24.0 Å². The molecule has 0 spiro atoms. The maximum absolute atomic E-state index is 12.8. The minimum Gasteiger partial charge on any atom is -0.503 e. The first kappa shape index (κ1) is 26.9. The van der Waals surface area contributed by atoms with Crippen molar-refractivity contribution < 1.29 is 28.9 Å². The molecule has 1 aliphatic carbocycles. The summed E-state index contributed by atoms with van der Waals surface area (Å²) >= 11 is 0. The highest BCUT2D eigenvalue weighted by Crippen LogP contribution is 2.32. The summed E-state index contributed by atoms with van der Waals surface area (Å²) in [6, 6.07) is 0.517. The van der Waals surface area contributed by atoms with Gasteiger partial charge in [0.1, 0.15) is 12.1 Å². The molecule has 0 aliphatic heterocycles. The van der Waals surface area contributed by atoms with Crippen LogP contribution in [0.4, 0.5) is 0 Å². The van der Waals surface area contributed by atoms with E-state index in [0.717, 1.165) is 19.3 Å². The predicted molar refractivity (Wildman–Crippen MR) is 125 cm³/mol. The zero-order valence-electron chi connectivity index (χ0n) is 20.8. The average Bonchev–Trinajstić information content (AvgIpc) is 3.60. The monoisotopic (exact) mass is 464 g/mol. The molecule has 4 atom stereocenters. The summed E-state index contributed by atoms with van der Waals surface area (Å²) in [5.74, 6) is -0.00292. The van der Waals surface area contributed by atoms with Gasteiger partial charge in [0.15, 0.2) is 17.2 Å². The lowest BCUT2D eigenvalue weighted by Crippen LogP contribution is -2.44. The van der Waals surface area contributed by atoms with E-state index in [0.29, 0.717) is 18.4 Å². The Morgan fingerprint density at radius 1 is 1.21 bits per heavy atom. The number of pyridine rings is 1. The van der Waals surface area contributed by atoms with Crippen molar-refractivity contribution in [1.29, 1.82) is 0 Å². The Kier molecular flexibility index (Phi) is 10.4. The number of amides is 1. The number of esters is 1. The highest BCUT2D eigenvalue weighted by atomic mass is 16.6. The SMILES string of the molecule is CC[C@@H](CCC(C)C)[C@H](OCC1CC1)[C@H](C)OC(=O)[C@H](C)NC(=O)c1nccc(OC)c1O. The van der Waals surface area contributed by atoms with Crippen LogP contribution in [0.15, 0.2) is 12.3 Å². The molecular formula is C25H40N2O6. The lowest BCUT2D eigenvalue weighted by Gasteiger charge is -2.32. The summed E-state index contributed by atoms with van der Waals surface area (Å²) in [6.07, 6.45) is 6.14. The van der Waals surface area contributed by atoms with Crippen molar-refractivity contribution in [2.24, 2.45) is 17.8 Å². The number of rotatable bonds is 14. The summed E-state index contributed by atoms with van der Waals surface area (Å²) in [5, 5.41) is 12.7. The maximum Gasteiger partial charge on any atom is 0.328 e. The number of hydrogen-bond acceptors (Lipinski definition) is 7. The highest BCUT2D eigenvalue weighted by molar-refractivity contribution is 5.97. The molecule has 1 aliphatic rings. The largest absolute Gasteiger partial charge is 0.503 e. The van der Waals surface area contributed by atoms with Crippen LogP contribution < -0.4 is 10.1 Å². The molecule has 1 aromatic heterocycles. The first-order chi connectivity index (χ1) is 15.7. The lowest BCUT2D eigenvalue weighted by molar-refractivity contribution is -0.162. The molecule has 0 bridgehead atoms. The summed E-state index contributed by atoms with van der Waals surface area (Å²) in [7, 11) is 1.38. The van der Waals surface area contributed by atoms with Crippen molar-refractivity contribution in [3.8, 4) is 11.5 Å². The number of methoxy groups -OCH3 is 1. The van der Waals surface area contributed by atoms with E-state index in [9.17, 15) is 14.7 Å². The van der Waals surface area contributed by atoms with Crippen LogP contribution in [-0.4, -0.2) is 53.9 Å². The number of aromatic nitrogens is 1. The van der Waals surface area contributed by atoms with Crippen molar-refractivity contribution in [1.82, 2.24) is 10.3 Å². The van der Waals surface area contributed by atoms with Gasteiger partial charge in [-0.1, -0.05) is 33.6 Å². The quantitative estimate of drug-likeness (QED) is 0.399. The third-order valence-corrected chi connectivity index (χ3v) is 6.11. The van der Waals surface area contributed by atoms with Gasteiger partial charge in [0.25, 0.3) is 5.91 Å². The van der Waals surface area contributed by atoms with Gasteiger partial charge in [0.05, 0.1) is 13.2 Å². The number of carbonyl (C=O) groups is 2. The molecule has 1 heterocycles. The number of aromatic hydroxyl groups is 1. The molecule has 2 rings (SSSR count). The summed E-state index contributed by atoms with van der Waals surface area (Å²) in [4.78, 5) is 29.2. The normalized spacial score (nSPS) is 17.2. The van der Waals surface area contributed by atoms with Crippen LogP contribution in [0.3, 0.4) is 0 Å². The van der Waals surface area contributed by atoms with Crippen molar-refractivity contribution in [3.05, 3.63) is 18.0 Å². The fourth-order valence-electron chi connectivity index (χ4n) is 3.78. The molecule has 1 fully saturated rings. The Morgan fingerprint density at radius 2 is 1.91 bits per heavy atom. The number of hydrogen-bond donors (Lipinski definition) is 2. The van der Waals surface area contributed by atoms with E-state index in [-0.39, 0.29) is 29.2 Å². The van der Waals surface area contributed by atoms with Crippen LogP contribution >= 0.6 is 0 Å². The van der Waals surface area contributed by atoms with Gasteiger partial charge in [-0.25, -0.2) is 9.78 Å². The fourth-order valence-corrected chi connectivity index (χ4v) is 3.78. The molecule has 0 radical (unpaired) electrons. The molecule has 1 saturated carbocycles. The van der Waals surface area contributed by atoms with E-state index in [2.05, 4.69) is 31.1 Å². The van der Waals surface area contributed by atoms with Gasteiger partial charge >= 0.3 is 5.97 Å². The van der Waals surface area contributed by atoms with Gasteiger partial charge in [-0.15, -0.1) is 0 Å². The van der Waals surface area contributed by atoms with Crippen molar-refractivity contribution in [2.45, 2.75) is 85.0 Å². The van der Waals surface area contributed by atoms with Crippen LogP contribution in [0.5, 0.6) is 11.5 Å². The maximum atomic E-state index is 12.8. The van der Waals surface area contributed by atoms with E-state index in [1.807, 2.05) is 6.92 Å². The van der Waals surface area contributed by atoms with Gasteiger partial charge in [-0.3, -0.25) is 4.79 Å². The zero-order valence-corrected chi connectivity index (χ0v) is 20.8. The average molecular weight is 465 g/mol. The van der Waals surface area contributed by atoms with Crippen molar-refractivity contribution >= 4 is 11.9 Å². The first-order valence-electron chi connectivity index (χ1n) is 12.0. The second-order valence-electron chi connectivity index (χ2n) is 9.43. The number of ether oxygens (including phenoxy) is 3.